The van der Waals surface area contributed by atoms with E-state index in [0.29, 0.717) is 19.6 Å². The maximum Gasteiger partial charge on any atom is 0.222 e. The molecule has 0 radical (unpaired) electrons. The van der Waals surface area contributed by atoms with Gasteiger partial charge in [0.2, 0.25) is 5.91 Å². The number of carbonyl (C=O) groups excluding carboxylic acids is 1. The van der Waals surface area contributed by atoms with E-state index >= 15 is 0 Å². The van der Waals surface area contributed by atoms with E-state index in [1.54, 1.807) is 0 Å². The molecule has 100 valence electrons. The number of amides is 1. The molecular formula is C13H25NO3. The van der Waals surface area contributed by atoms with Crippen LogP contribution in [0.25, 0.3) is 0 Å². The van der Waals surface area contributed by atoms with Crippen LogP contribution in [-0.2, 0) is 14.6 Å². The summed E-state index contributed by atoms with van der Waals surface area (Å²) in [6.45, 7) is 6.16. The Morgan fingerprint density at radius 1 is 1.29 bits per heavy atom. The summed E-state index contributed by atoms with van der Waals surface area (Å²) in [6.07, 6.45) is 5.79. The van der Waals surface area contributed by atoms with E-state index in [-0.39, 0.29) is 11.9 Å². The van der Waals surface area contributed by atoms with Gasteiger partial charge in [-0.05, 0) is 25.7 Å². The van der Waals surface area contributed by atoms with Crippen LogP contribution >= 0.6 is 0 Å². The van der Waals surface area contributed by atoms with Gasteiger partial charge >= 0.3 is 0 Å². The van der Waals surface area contributed by atoms with Crippen LogP contribution in [0.5, 0.6) is 0 Å². The molecule has 0 saturated carbocycles. The van der Waals surface area contributed by atoms with Gasteiger partial charge in [0.05, 0.1) is 12.6 Å². The standard InChI is InChI=1S/C13H25NO3/c1-3-5-8-13(15)14-9-6-7-12(14)11-17-16-10-4-2/h12H,3-11H2,1-2H3. The summed E-state index contributed by atoms with van der Waals surface area (Å²) < 4.78 is 0. The van der Waals surface area contributed by atoms with Crippen molar-refractivity contribution < 1.29 is 14.6 Å². The third kappa shape index (κ3) is 5.04. The summed E-state index contributed by atoms with van der Waals surface area (Å²) in [5.41, 5.74) is 0. The van der Waals surface area contributed by atoms with Gasteiger partial charge in [0.1, 0.15) is 6.61 Å². The number of carbonyl (C=O) groups is 1. The molecule has 1 fully saturated rings. The van der Waals surface area contributed by atoms with Crippen LogP contribution in [-0.4, -0.2) is 36.6 Å². The second-order valence-electron chi connectivity index (χ2n) is 4.59. The van der Waals surface area contributed by atoms with Gasteiger partial charge in [-0.1, -0.05) is 20.3 Å². The molecule has 0 N–H and O–H groups in total. The topological polar surface area (TPSA) is 38.8 Å². The zero-order valence-corrected chi connectivity index (χ0v) is 11.1. The van der Waals surface area contributed by atoms with E-state index in [1.165, 1.54) is 0 Å². The van der Waals surface area contributed by atoms with E-state index in [2.05, 4.69) is 6.92 Å². The first kappa shape index (κ1) is 14.5. The highest BCUT2D eigenvalue weighted by molar-refractivity contribution is 5.76. The molecule has 17 heavy (non-hydrogen) atoms. The molecule has 1 aliphatic heterocycles. The summed E-state index contributed by atoms with van der Waals surface area (Å²) >= 11 is 0. The summed E-state index contributed by atoms with van der Waals surface area (Å²) in [4.78, 5) is 24.1. The average Bonchev–Trinajstić information content (AvgIpc) is 2.80. The molecular weight excluding hydrogens is 218 g/mol. The monoisotopic (exact) mass is 243 g/mol. The molecule has 1 heterocycles. The van der Waals surface area contributed by atoms with E-state index < -0.39 is 0 Å². The highest BCUT2D eigenvalue weighted by Crippen LogP contribution is 2.19. The maximum atomic E-state index is 11.9. The minimum absolute atomic E-state index is 0.219. The molecule has 0 aliphatic carbocycles. The molecule has 4 nitrogen and oxygen atoms in total. The lowest BCUT2D eigenvalue weighted by Gasteiger charge is -2.24. The Morgan fingerprint density at radius 3 is 2.82 bits per heavy atom. The predicted molar refractivity (Wildman–Crippen MR) is 66.5 cm³/mol. The van der Waals surface area contributed by atoms with Gasteiger partial charge in [-0.2, -0.15) is 0 Å². The summed E-state index contributed by atoms with van der Waals surface area (Å²) in [6, 6.07) is 0.219. The molecule has 1 aliphatic rings. The minimum Gasteiger partial charge on any atom is -0.337 e. The van der Waals surface area contributed by atoms with Crippen LogP contribution in [0.3, 0.4) is 0 Å². The van der Waals surface area contributed by atoms with Crippen molar-refractivity contribution in [2.75, 3.05) is 19.8 Å². The number of hydrogen-bond acceptors (Lipinski definition) is 3. The van der Waals surface area contributed by atoms with Crippen LogP contribution < -0.4 is 0 Å². The Balaban J connectivity index is 2.25. The first-order valence-electron chi connectivity index (χ1n) is 6.83. The van der Waals surface area contributed by atoms with Gasteiger partial charge < -0.3 is 4.90 Å². The lowest BCUT2D eigenvalue weighted by atomic mass is 10.2. The van der Waals surface area contributed by atoms with Crippen LogP contribution in [0.4, 0.5) is 0 Å². The maximum absolute atomic E-state index is 11.9. The summed E-state index contributed by atoms with van der Waals surface area (Å²) in [7, 11) is 0. The molecule has 4 heteroatoms. The number of hydrogen-bond donors (Lipinski definition) is 0. The minimum atomic E-state index is 0.219. The lowest BCUT2D eigenvalue weighted by molar-refractivity contribution is -0.299. The molecule has 0 aromatic rings. The number of unbranched alkanes of at least 4 members (excludes halogenated alkanes) is 1. The Hall–Kier alpha value is -0.610. The predicted octanol–water partition coefficient (Wildman–Crippen LogP) is 2.53. The highest BCUT2D eigenvalue weighted by Gasteiger charge is 2.28. The quantitative estimate of drug-likeness (QED) is 0.373. The largest absolute Gasteiger partial charge is 0.337 e. The van der Waals surface area contributed by atoms with E-state index in [1.807, 2.05) is 11.8 Å². The van der Waals surface area contributed by atoms with Crippen molar-refractivity contribution in [2.24, 2.45) is 0 Å². The van der Waals surface area contributed by atoms with Crippen molar-refractivity contribution >= 4 is 5.91 Å². The van der Waals surface area contributed by atoms with Crippen molar-refractivity contribution in [3.8, 4) is 0 Å². The van der Waals surface area contributed by atoms with E-state index in [9.17, 15) is 4.79 Å². The molecule has 1 amide bonds. The van der Waals surface area contributed by atoms with Crippen molar-refractivity contribution in [2.45, 2.75) is 58.4 Å². The van der Waals surface area contributed by atoms with Crippen LogP contribution in [0.15, 0.2) is 0 Å². The van der Waals surface area contributed by atoms with Gasteiger partial charge in [0.15, 0.2) is 0 Å². The Bertz CT molecular complexity index is 221. The zero-order chi connectivity index (χ0) is 12.5. The third-order valence-corrected chi connectivity index (χ3v) is 3.07. The van der Waals surface area contributed by atoms with Crippen LogP contribution in [0.1, 0.15) is 52.4 Å². The zero-order valence-electron chi connectivity index (χ0n) is 11.1. The SMILES string of the molecule is CCCCC(=O)N1CCCC1COOCCC. The molecule has 0 bridgehead atoms. The molecule has 1 saturated heterocycles. The second kappa shape index (κ2) is 8.48. The first-order valence-corrected chi connectivity index (χ1v) is 6.83. The van der Waals surface area contributed by atoms with Gasteiger partial charge in [-0.25, -0.2) is 9.78 Å². The fraction of sp³-hybridized carbons (Fsp3) is 0.923. The average molecular weight is 243 g/mol. The van der Waals surface area contributed by atoms with E-state index in [0.717, 1.165) is 38.6 Å². The summed E-state index contributed by atoms with van der Waals surface area (Å²) in [5, 5.41) is 0. The summed E-state index contributed by atoms with van der Waals surface area (Å²) in [5.74, 6) is 0.272. The van der Waals surface area contributed by atoms with Crippen molar-refractivity contribution in [1.82, 2.24) is 4.90 Å². The highest BCUT2D eigenvalue weighted by atomic mass is 17.2. The van der Waals surface area contributed by atoms with Gasteiger partial charge in [-0.15, -0.1) is 0 Å². The van der Waals surface area contributed by atoms with Crippen molar-refractivity contribution in [3.63, 3.8) is 0 Å². The van der Waals surface area contributed by atoms with Crippen LogP contribution in [0.2, 0.25) is 0 Å². The molecule has 1 atom stereocenters. The van der Waals surface area contributed by atoms with E-state index in [4.69, 9.17) is 9.78 Å². The fourth-order valence-corrected chi connectivity index (χ4v) is 2.08. The van der Waals surface area contributed by atoms with Crippen molar-refractivity contribution in [3.05, 3.63) is 0 Å². The number of rotatable bonds is 8. The molecule has 0 aromatic carbocycles. The molecule has 0 aromatic heterocycles. The molecule has 0 spiro atoms. The van der Waals surface area contributed by atoms with Gasteiger partial charge in [0.25, 0.3) is 0 Å². The third-order valence-electron chi connectivity index (χ3n) is 3.07. The molecule has 1 unspecified atom stereocenters. The Kier molecular flexibility index (Phi) is 7.21. The first-order chi connectivity index (χ1) is 8.29. The van der Waals surface area contributed by atoms with Gasteiger partial charge in [-0.3, -0.25) is 4.79 Å². The van der Waals surface area contributed by atoms with Crippen molar-refractivity contribution in [1.29, 1.82) is 0 Å². The normalized spacial score (nSPS) is 19.9. The fourth-order valence-electron chi connectivity index (χ4n) is 2.08. The molecule has 1 rings (SSSR count). The van der Waals surface area contributed by atoms with Gasteiger partial charge in [0, 0.05) is 13.0 Å². The Labute approximate surface area is 104 Å². The number of nitrogens with zero attached hydrogens (tertiary/aromatic N) is 1. The Morgan fingerprint density at radius 2 is 2.12 bits per heavy atom. The van der Waals surface area contributed by atoms with Crippen LogP contribution in [0, 0.1) is 0 Å². The number of likely N-dealkylation sites (tertiary alicyclic amines) is 1. The smallest absolute Gasteiger partial charge is 0.222 e. The lowest BCUT2D eigenvalue weighted by Crippen LogP contribution is -2.38. The second-order valence-corrected chi connectivity index (χ2v) is 4.59.